The number of hydrogen-bond donors (Lipinski definition) is 1. The minimum atomic E-state index is -0.0864. The van der Waals surface area contributed by atoms with Crippen LogP contribution in [-0.2, 0) is 11.8 Å². The van der Waals surface area contributed by atoms with Gasteiger partial charge in [0.1, 0.15) is 0 Å². The summed E-state index contributed by atoms with van der Waals surface area (Å²) in [5.74, 6) is 0.522. The number of aryl methyl sites for hydroxylation is 3. The average molecular weight is 413 g/mol. The molecule has 0 atom stereocenters. The summed E-state index contributed by atoms with van der Waals surface area (Å²) in [6.07, 6.45) is 4.50. The molecule has 0 unspecified atom stereocenters. The van der Waals surface area contributed by atoms with Crippen LogP contribution in [0.15, 0.2) is 6.07 Å². The Labute approximate surface area is 177 Å². The summed E-state index contributed by atoms with van der Waals surface area (Å²) in [7, 11) is 1.85. The molecule has 2 fully saturated rings. The second-order valence-corrected chi connectivity index (χ2v) is 8.62. The molecule has 0 radical (unpaired) electrons. The summed E-state index contributed by atoms with van der Waals surface area (Å²) in [5.41, 5.74) is 2.99. The molecule has 1 aliphatic carbocycles. The third kappa shape index (κ3) is 4.19. The van der Waals surface area contributed by atoms with Crippen molar-refractivity contribution in [2.45, 2.75) is 39.5 Å². The van der Waals surface area contributed by atoms with E-state index in [-0.39, 0.29) is 11.8 Å². The van der Waals surface area contributed by atoms with Crippen LogP contribution >= 0.6 is 0 Å². The molecule has 8 nitrogen and oxygen atoms in total. The monoisotopic (exact) mass is 412 g/mol. The van der Waals surface area contributed by atoms with E-state index in [0.717, 1.165) is 68.0 Å². The molecule has 2 amide bonds. The summed E-state index contributed by atoms with van der Waals surface area (Å²) < 4.78 is 1.72. The molecule has 1 N–H and O–H groups in total. The standard InChI is InChI=1S/C22H32N6O2/c1-15-14-18(19-16(2)25-26(3)20(19)24-15)21(29)23-8-9-27-10-12-28(13-11-27)22(30)17-6-4-5-7-17/h14,17H,4-13H2,1-3H3,(H,23,29). The Balaban J connectivity index is 1.29. The topological polar surface area (TPSA) is 83.4 Å². The van der Waals surface area contributed by atoms with E-state index in [2.05, 4.69) is 20.3 Å². The number of nitrogens with one attached hydrogen (secondary N) is 1. The predicted octanol–water partition coefficient (Wildman–Crippen LogP) is 1.65. The van der Waals surface area contributed by atoms with E-state index in [9.17, 15) is 9.59 Å². The molecule has 1 aliphatic heterocycles. The minimum absolute atomic E-state index is 0.0864. The van der Waals surface area contributed by atoms with Crippen molar-refractivity contribution in [2.24, 2.45) is 13.0 Å². The molecular formula is C22H32N6O2. The highest BCUT2D eigenvalue weighted by molar-refractivity contribution is 6.06. The summed E-state index contributed by atoms with van der Waals surface area (Å²) >= 11 is 0. The van der Waals surface area contributed by atoms with Crippen molar-refractivity contribution in [3.05, 3.63) is 23.0 Å². The molecule has 2 aliphatic rings. The summed E-state index contributed by atoms with van der Waals surface area (Å²) in [6, 6.07) is 1.83. The third-order valence-corrected chi connectivity index (χ3v) is 6.44. The van der Waals surface area contributed by atoms with E-state index in [1.54, 1.807) is 4.68 Å². The van der Waals surface area contributed by atoms with Crippen molar-refractivity contribution >= 4 is 22.8 Å². The van der Waals surface area contributed by atoms with Crippen molar-refractivity contribution in [1.82, 2.24) is 29.9 Å². The Morgan fingerprint density at radius 2 is 1.83 bits per heavy atom. The third-order valence-electron chi connectivity index (χ3n) is 6.44. The lowest BCUT2D eigenvalue weighted by Crippen LogP contribution is -2.51. The maximum absolute atomic E-state index is 12.9. The second kappa shape index (κ2) is 8.71. The van der Waals surface area contributed by atoms with Gasteiger partial charge in [-0.25, -0.2) is 4.98 Å². The van der Waals surface area contributed by atoms with Gasteiger partial charge in [0.25, 0.3) is 5.91 Å². The van der Waals surface area contributed by atoms with Crippen LogP contribution in [0.1, 0.15) is 47.4 Å². The second-order valence-electron chi connectivity index (χ2n) is 8.62. The first-order chi connectivity index (χ1) is 14.4. The van der Waals surface area contributed by atoms with Gasteiger partial charge in [-0.1, -0.05) is 12.8 Å². The molecule has 1 saturated carbocycles. The summed E-state index contributed by atoms with van der Waals surface area (Å²) in [4.78, 5) is 34.3. The van der Waals surface area contributed by atoms with Gasteiger partial charge < -0.3 is 10.2 Å². The molecule has 8 heteroatoms. The van der Waals surface area contributed by atoms with E-state index in [1.165, 1.54) is 12.8 Å². The number of amides is 2. The molecular weight excluding hydrogens is 380 g/mol. The fraction of sp³-hybridized carbons (Fsp3) is 0.636. The lowest BCUT2D eigenvalue weighted by atomic mass is 10.1. The lowest BCUT2D eigenvalue weighted by Gasteiger charge is -2.36. The maximum Gasteiger partial charge on any atom is 0.252 e. The Bertz CT molecular complexity index is 939. The van der Waals surface area contributed by atoms with Gasteiger partial charge in [-0.2, -0.15) is 5.10 Å². The Morgan fingerprint density at radius 3 is 2.53 bits per heavy atom. The number of piperazine rings is 1. The molecule has 2 aromatic heterocycles. The van der Waals surface area contributed by atoms with Gasteiger partial charge in [0, 0.05) is 57.9 Å². The quantitative estimate of drug-likeness (QED) is 0.807. The highest BCUT2D eigenvalue weighted by Crippen LogP contribution is 2.27. The van der Waals surface area contributed by atoms with Crippen LogP contribution in [0.4, 0.5) is 0 Å². The highest BCUT2D eigenvalue weighted by Gasteiger charge is 2.29. The molecule has 3 heterocycles. The van der Waals surface area contributed by atoms with Crippen LogP contribution in [0, 0.1) is 19.8 Å². The SMILES string of the molecule is Cc1cc(C(=O)NCCN2CCN(C(=O)C3CCCC3)CC2)c2c(C)nn(C)c2n1. The maximum atomic E-state index is 12.9. The molecule has 30 heavy (non-hydrogen) atoms. The van der Waals surface area contributed by atoms with E-state index in [4.69, 9.17) is 0 Å². The van der Waals surface area contributed by atoms with Crippen molar-refractivity contribution in [3.63, 3.8) is 0 Å². The Morgan fingerprint density at radius 1 is 1.13 bits per heavy atom. The smallest absolute Gasteiger partial charge is 0.252 e. The van der Waals surface area contributed by atoms with Crippen LogP contribution in [0.5, 0.6) is 0 Å². The number of aromatic nitrogens is 3. The van der Waals surface area contributed by atoms with Crippen LogP contribution in [0.2, 0.25) is 0 Å². The van der Waals surface area contributed by atoms with E-state index < -0.39 is 0 Å². The number of carbonyl (C=O) groups is 2. The fourth-order valence-corrected chi connectivity index (χ4v) is 4.79. The lowest BCUT2D eigenvalue weighted by molar-refractivity contribution is -0.137. The molecule has 162 valence electrons. The first kappa shape index (κ1) is 20.8. The number of fused-ring (bicyclic) bond motifs is 1. The summed E-state index contributed by atoms with van der Waals surface area (Å²) in [5, 5.41) is 8.29. The Kier molecular flexibility index (Phi) is 6.04. The normalized spacial score (nSPS) is 18.3. The van der Waals surface area contributed by atoms with Crippen molar-refractivity contribution in [1.29, 1.82) is 0 Å². The van der Waals surface area contributed by atoms with Gasteiger partial charge >= 0.3 is 0 Å². The number of carbonyl (C=O) groups excluding carboxylic acids is 2. The molecule has 4 rings (SSSR count). The number of pyridine rings is 1. The van der Waals surface area contributed by atoms with Crippen molar-refractivity contribution < 1.29 is 9.59 Å². The van der Waals surface area contributed by atoms with Crippen LogP contribution in [0.3, 0.4) is 0 Å². The van der Waals surface area contributed by atoms with Gasteiger partial charge in [-0.15, -0.1) is 0 Å². The number of nitrogens with zero attached hydrogens (tertiary/aromatic N) is 5. The van der Waals surface area contributed by atoms with Gasteiger partial charge in [-0.05, 0) is 32.8 Å². The predicted molar refractivity (Wildman–Crippen MR) is 115 cm³/mol. The zero-order valence-corrected chi connectivity index (χ0v) is 18.3. The molecule has 0 bridgehead atoms. The molecule has 2 aromatic rings. The molecule has 0 aromatic carbocycles. The van der Waals surface area contributed by atoms with Gasteiger partial charge in [0.05, 0.1) is 16.6 Å². The Hall–Kier alpha value is -2.48. The van der Waals surface area contributed by atoms with Crippen molar-refractivity contribution in [2.75, 3.05) is 39.3 Å². The van der Waals surface area contributed by atoms with E-state index >= 15 is 0 Å². The van der Waals surface area contributed by atoms with Crippen molar-refractivity contribution in [3.8, 4) is 0 Å². The van der Waals surface area contributed by atoms with Gasteiger partial charge in [0.2, 0.25) is 5.91 Å². The minimum Gasteiger partial charge on any atom is -0.351 e. The van der Waals surface area contributed by atoms with Crippen LogP contribution in [-0.4, -0.2) is 75.6 Å². The largest absolute Gasteiger partial charge is 0.351 e. The zero-order chi connectivity index (χ0) is 21.3. The van der Waals surface area contributed by atoms with Crippen LogP contribution in [0.25, 0.3) is 11.0 Å². The molecule has 1 saturated heterocycles. The number of rotatable bonds is 5. The van der Waals surface area contributed by atoms with E-state index in [0.29, 0.717) is 18.0 Å². The van der Waals surface area contributed by atoms with E-state index in [1.807, 2.05) is 31.9 Å². The van der Waals surface area contributed by atoms with Gasteiger partial charge in [0.15, 0.2) is 5.65 Å². The van der Waals surface area contributed by atoms with Gasteiger partial charge in [-0.3, -0.25) is 19.2 Å². The van der Waals surface area contributed by atoms with Crippen LogP contribution < -0.4 is 5.32 Å². The zero-order valence-electron chi connectivity index (χ0n) is 18.3. The average Bonchev–Trinajstić information content (AvgIpc) is 3.36. The first-order valence-electron chi connectivity index (χ1n) is 11.0. The fourth-order valence-electron chi connectivity index (χ4n) is 4.79. The summed E-state index contributed by atoms with van der Waals surface area (Å²) in [6.45, 7) is 8.50. The molecule has 0 spiro atoms. The highest BCUT2D eigenvalue weighted by atomic mass is 16.2. The first-order valence-corrected chi connectivity index (χ1v) is 11.0. The number of hydrogen-bond acceptors (Lipinski definition) is 5.